The van der Waals surface area contributed by atoms with Crippen molar-refractivity contribution in [2.75, 3.05) is 0 Å². The third kappa shape index (κ3) is 5.65. The molecule has 3 aromatic carbocycles. The first-order valence-electron chi connectivity index (χ1n) is 11.7. The molecule has 2 aromatic heterocycles. The number of amidine groups is 1. The van der Waals surface area contributed by atoms with Crippen molar-refractivity contribution in [2.45, 2.75) is 6.54 Å². The molecule has 6 nitrogen and oxygen atoms in total. The second kappa shape index (κ2) is 10.9. The van der Waals surface area contributed by atoms with Crippen molar-refractivity contribution >= 4 is 17.4 Å². The van der Waals surface area contributed by atoms with Crippen LogP contribution in [0.15, 0.2) is 113 Å². The van der Waals surface area contributed by atoms with Crippen molar-refractivity contribution in [3.05, 3.63) is 132 Å². The number of nitrogens with two attached hydrogens (primary N) is 1. The van der Waals surface area contributed by atoms with Gasteiger partial charge in [0.1, 0.15) is 28.9 Å². The molecular weight excluding hydrogens is 486 g/mol. The van der Waals surface area contributed by atoms with Crippen molar-refractivity contribution in [1.29, 1.82) is 0 Å². The average Bonchev–Trinajstić information content (AvgIpc) is 3.44. The molecule has 0 fully saturated rings. The SMILES string of the molecule is NC(=Nc1ccc(-c2ccc(C(=O)NCc3ccc(-c4ccc(F)cc4)cc3F)o2)cc1)c1ccccn1. The molecule has 5 aromatic rings. The molecule has 0 saturated carbocycles. The van der Waals surface area contributed by atoms with E-state index in [9.17, 15) is 13.6 Å². The van der Waals surface area contributed by atoms with Crippen LogP contribution in [0.25, 0.3) is 22.5 Å². The number of hydrogen-bond acceptors (Lipinski definition) is 4. The van der Waals surface area contributed by atoms with Gasteiger partial charge in [-0.25, -0.2) is 13.8 Å². The van der Waals surface area contributed by atoms with Gasteiger partial charge in [0.05, 0.1) is 5.69 Å². The summed E-state index contributed by atoms with van der Waals surface area (Å²) < 4.78 is 33.5. The number of benzene rings is 3. The predicted octanol–water partition coefficient (Wildman–Crippen LogP) is 6.25. The minimum absolute atomic E-state index is 0.0191. The number of hydrogen-bond donors (Lipinski definition) is 2. The Balaban J connectivity index is 1.22. The van der Waals surface area contributed by atoms with Gasteiger partial charge in [0.25, 0.3) is 5.91 Å². The Kier molecular flexibility index (Phi) is 7.04. The molecule has 0 bridgehead atoms. The lowest BCUT2D eigenvalue weighted by Gasteiger charge is -2.08. The third-order valence-corrected chi connectivity index (χ3v) is 5.83. The Labute approximate surface area is 217 Å². The van der Waals surface area contributed by atoms with Gasteiger partial charge in [-0.3, -0.25) is 9.78 Å². The fraction of sp³-hybridized carbons (Fsp3) is 0.0333. The lowest BCUT2D eigenvalue weighted by atomic mass is 10.0. The Hall–Kier alpha value is -5.11. The van der Waals surface area contributed by atoms with Gasteiger partial charge in [-0.05, 0) is 77.9 Å². The quantitative estimate of drug-likeness (QED) is 0.201. The summed E-state index contributed by atoms with van der Waals surface area (Å²) in [5, 5.41) is 2.67. The number of rotatable bonds is 7. The lowest BCUT2D eigenvalue weighted by Crippen LogP contribution is -2.22. The van der Waals surface area contributed by atoms with Crippen LogP contribution < -0.4 is 11.1 Å². The normalized spacial score (nSPS) is 11.4. The summed E-state index contributed by atoms with van der Waals surface area (Å²) in [6.45, 7) is -0.0191. The molecule has 0 spiro atoms. The topological polar surface area (TPSA) is 93.5 Å². The van der Waals surface area contributed by atoms with E-state index in [2.05, 4.69) is 15.3 Å². The van der Waals surface area contributed by atoms with Crippen LogP contribution in [0, 0.1) is 11.6 Å². The van der Waals surface area contributed by atoms with Gasteiger partial charge in [0, 0.05) is 23.9 Å². The number of amides is 1. The molecule has 0 atom stereocenters. The van der Waals surface area contributed by atoms with Gasteiger partial charge in [0.15, 0.2) is 5.76 Å². The first kappa shape index (κ1) is 24.6. The molecule has 0 aliphatic carbocycles. The van der Waals surface area contributed by atoms with E-state index in [4.69, 9.17) is 10.2 Å². The Morgan fingerprint density at radius 1 is 0.868 bits per heavy atom. The molecule has 188 valence electrons. The number of nitrogens with one attached hydrogen (secondary N) is 1. The van der Waals surface area contributed by atoms with E-state index in [0.717, 1.165) is 5.56 Å². The highest BCUT2D eigenvalue weighted by molar-refractivity contribution is 5.97. The zero-order valence-corrected chi connectivity index (χ0v) is 20.1. The minimum atomic E-state index is -0.473. The summed E-state index contributed by atoms with van der Waals surface area (Å²) in [5.74, 6) is -0.399. The highest BCUT2D eigenvalue weighted by Gasteiger charge is 2.14. The third-order valence-electron chi connectivity index (χ3n) is 5.83. The number of carbonyl (C=O) groups is 1. The van der Waals surface area contributed by atoms with E-state index in [0.29, 0.717) is 39.7 Å². The number of pyridine rings is 1. The van der Waals surface area contributed by atoms with E-state index in [1.807, 2.05) is 18.2 Å². The van der Waals surface area contributed by atoms with Crippen LogP contribution in [-0.4, -0.2) is 16.7 Å². The largest absolute Gasteiger partial charge is 0.451 e. The molecule has 0 saturated heterocycles. The van der Waals surface area contributed by atoms with Crippen molar-refractivity contribution < 1.29 is 18.0 Å². The number of aromatic nitrogens is 1. The van der Waals surface area contributed by atoms with Gasteiger partial charge in [0.2, 0.25) is 0 Å². The van der Waals surface area contributed by atoms with Gasteiger partial charge < -0.3 is 15.5 Å². The number of aliphatic imine (C=N–C) groups is 1. The second-order valence-corrected chi connectivity index (χ2v) is 8.42. The van der Waals surface area contributed by atoms with Crippen LogP contribution in [0.5, 0.6) is 0 Å². The Bertz CT molecular complexity index is 1600. The number of carbonyl (C=O) groups excluding carboxylic acids is 1. The van der Waals surface area contributed by atoms with E-state index in [1.54, 1.807) is 66.9 Å². The number of furan rings is 1. The van der Waals surface area contributed by atoms with Crippen LogP contribution in [0.1, 0.15) is 21.8 Å². The minimum Gasteiger partial charge on any atom is -0.451 e. The van der Waals surface area contributed by atoms with Crippen molar-refractivity contribution in [3.8, 4) is 22.5 Å². The van der Waals surface area contributed by atoms with E-state index in [-0.39, 0.29) is 18.1 Å². The van der Waals surface area contributed by atoms with E-state index >= 15 is 0 Å². The predicted molar refractivity (Wildman–Crippen MR) is 142 cm³/mol. The highest BCUT2D eigenvalue weighted by atomic mass is 19.1. The molecule has 38 heavy (non-hydrogen) atoms. The fourth-order valence-electron chi connectivity index (χ4n) is 3.80. The number of nitrogens with zero attached hydrogens (tertiary/aromatic N) is 2. The maximum Gasteiger partial charge on any atom is 0.287 e. The zero-order chi connectivity index (χ0) is 26.5. The van der Waals surface area contributed by atoms with Gasteiger partial charge in [-0.2, -0.15) is 0 Å². The summed E-state index contributed by atoms with van der Waals surface area (Å²) in [5.41, 5.74) is 9.63. The van der Waals surface area contributed by atoms with Crippen molar-refractivity contribution in [1.82, 2.24) is 10.3 Å². The summed E-state index contributed by atoms with van der Waals surface area (Å²) >= 11 is 0. The molecule has 0 aliphatic heterocycles. The van der Waals surface area contributed by atoms with E-state index in [1.165, 1.54) is 18.2 Å². The Morgan fingerprint density at radius 3 is 2.32 bits per heavy atom. The first-order chi connectivity index (χ1) is 18.5. The fourth-order valence-corrected chi connectivity index (χ4v) is 3.80. The molecule has 8 heteroatoms. The highest BCUT2D eigenvalue weighted by Crippen LogP contribution is 2.26. The van der Waals surface area contributed by atoms with Gasteiger partial charge >= 0.3 is 0 Å². The standard InChI is InChI=1S/C30H22F2N4O2/c31-23-10-6-19(7-11-23)21-4-5-22(25(32)17-21)18-35-30(37)28-15-14-27(38-28)20-8-12-24(13-9-20)36-29(33)26-3-1-2-16-34-26/h1-17H,18H2,(H2,33,36)(H,35,37). The van der Waals surface area contributed by atoms with Crippen molar-refractivity contribution in [2.24, 2.45) is 10.7 Å². The van der Waals surface area contributed by atoms with Gasteiger partial charge in [-0.1, -0.05) is 30.3 Å². The first-order valence-corrected chi connectivity index (χ1v) is 11.7. The van der Waals surface area contributed by atoms with Crippen LogP contribution in [0.4, 0.5) is 14.5 Å². The smallest absolute Gasteiger partial charge is 0.287 e. The number of halogens is 2. The van der Waals surface area contributed by atoms with Crippen LogP contribution in [-0.2, 0) is 6.54 Å². The molecule has 3 N–H and O–H groups in total. The van der Waals surface area contributed by atoms with Gasteiger partial charge in [-0.15, -0.1) is 0 Å². The molecule has 2 heterocycles. The van der Waals surface area contributed by atoms with Crippen LogP contribution in [0.3, 0.4) is 0 Å². The zero-order valence-electron chi connectivity index (χ0n) is 20.1. The van der Waals surface area contributed by atoms with E-state index < -0.39 is 11.7 Å². The average molecular weight is 509 g/mol. The molecule has 5 rings (SSSR count). The molecular formula is C30H22F2N4O2. The van der Waals surface area contributed by atoms with Crippen molar-refractivity contribution in [3.63, 3.8) is 0 Å². The monoisotopic (exact) mass is 508 g/mol. The molecule has 1 amide bonds. The molecule has 0 radical (unpaired) electrons. The summed E-state index contributed by atoms with van der Waals surface area (Å²) in [6.07, 6.45) is 1.65. The molecule has 0 unspecified atom stereocenters. The van der Waals surface area contributed by atoms with Crippen LogP contribution in [0.2, 0.25) is 0 Å². The Morgan fingerprint density at radius 2 is 1.61 bits per heavy atom. The maximum absolute atomic E-state index is 14.6. The lowest BCUT2D eigenvalue weighted by molar-refractivity contribution is 0.0923. The van der Waals surface area contributed by atoms with Crippen LogP contribution >= 0.6 is 0 Å². The summed E-state index contributed by atoms with van der Waals surface area (Å²) in [4.78, 5) is 21.2. The molecule has 0 aliphatic rings. The second-order valence-electron chi connectivity index (χ2n) is 8.42. The summed E-state index contributed by atoms with van der Waals surface area (Å²) in [6, 6.07) is 26.3. The summed E-state index contributed by atoms with van der Waals surface area (Å²) in [7, 11) is 0. The maximum atomic E-state index is 14.6.